The zero-order chi connectivity index (χ0) is 15.9. The number of aryl methyl sites for hydroxylation is 1. The van der Waals surface area contributed by atoms with E-state index in [2.05, 4.69) is 41.3 Å². The van der Waals surface area contributed by atoms with E-state index in [1.54, 1.807) is 11.8 Å². The summed E-state index contributed by atoms with van der Waals surface area (Å²) in [5, 5.41) is 12.2. The molecule has 0 fully saturated rings. The van der Waals surface area contributed by atoms with Crippen molar-refractivity contribution in [3.8, 4) is 0 Å². The molecule has 2 aromatic rings. The Labute approximate surface area is 138 Å². The number of fused-ring (bicyclic) bond motifs is 1. The number of thioether (sulfide) groups is 1. The summed E-state index contributed by atoms with van der Waals surface area (Å²) in [6.45, 7) is 6.27. The van der Waals surface area contributed by atoms with Gasteiger partial charge in [-0.25, -0.2) is 4.68 Å². The van der Waals surface area contributed by atoms with Gasteiger partial charge in [0.1, 0.15) is 6.04 Å². The summed E-state index contributed by atoms with van der Waals surface area (Å²) in [6, 6.07) is 6.08. The molecule has 1 aromatic carbocycles. The van der Waals surface area contributed by atoms with Crippen LogP contribution in [-0.2, 0) is 0 Å². The maximum Gasteiger partial charge on any atom is 0.214 e. The molecular formula is C15H19ClN5S+. The maximum atomic E-state index is 6.11. The smallest absolute Gasteiger partial charge is 0.214 e. The third-order valence-corrected chi connectivity index (χ3v) is 5.03. The number of nitrogens with zero attached hydrogens (tertiary/aromatic N) is 3. The van der Waals surface area contributed by atoms with Crippen LogP contribution in [0.2, 0.25) is 5.02 Å². The Bertz CT molecular complexity index is 738. The zero-order valence-corrected chi connectivity index (χ0v) is 14.4. The van der Waals surface area contributed by atoms with Crippen molar-refractivity contribution >= 4 is 29.1 Å². The predicted molar refractivity (Wildman–Crippen MR) is 89.9 cm³/mol. The molecule has 1 aromatic heterocycles. The van der Waals surface area contributed by atoms with Crippen LogP contribution in [0.4, 0.5) is 0 Å². The molecular weight excluding hydrogens is 318 g/mol. The van der Waals surface area contributed by atoms with Crippen LogP contribution < -0.4 is 11.2 Å². The number of hydrogen-bond donors (Lipinski definition) is 2. The number of hydrogen-bond acceptors (Lipinski definition) is 4. The van der Waals surface area contributed by atoms with Crippen molar-refractivity contribution in [2.75, 3.05) is 5.43 Å². The lowest BCUT2D eigenvalue weighted by Gasteiger charge is -2.21. The summed E-state index contributed by atoms with van der Waals surface area (Å²) >= 11 is 7.66. The van der Waals surface area contributed by atoms with Crippen molar-refractivity contribution in [3.05, 3.63) is 45.6 Å². The SMILES string of the molecule is Cc1cc(C2=CSc3nnc([C@@H]([NH3+])C(C)C)n3N2)ccc1Cl. The normalized spacial score (nSPS) is 15.3. The highest BCUT2D eigenvalue weighted by Gasteiger charge is 2.26. The first kappa shape index (κ1) is 15.4. The molecule has 0 saturated heterocycles. The fourth-order valence-electron chi connectivity index (χ4n) is 2.20. The minimum atomic E-state index is 0.0839. The molecule has 0 unspecified atom stereocenters. The van der Waals surface area contributed by atoms with Crippen LogP contribution in [0.3, 0.4) is 0 Å². The first-order valence-corrected chi connectivity index (χ1v) is 8.42. The highest BCUT2D eigenvalue weighted by Crippen LogP contribution is 2.31. The molecule has 1 aliphatic rings. The fourth-order valence-corrected chi connectivity index (χ4v) is 3.07. The minimum absolute atomic E-state index is 0.0839. The third kappa shape index (κ3) is 2.74. The summed E-state index contributed by atoms with van der Waals surface area (Å²) in [4.78, 5) is 0. The Morgan fingerprint density at radius 1 is 1.32 bits per heavy atom. The van der Waals surface area contributed by atoms with Gasteiger partial charge in [-0.05, 0) is 24.6 Å². The Balaban J connectivity index is 1.92. The molecule has 0 amide bonds. The molecule has 0 radical (unpaired) electrons. The van der Waals surface area contributed by atoms with Crippen LogP contribution in [0.25, 0.3) is 5.70 Å². The van der Waals surface area contributed by atoms with Gasteiger partial charge in [-0.3, -0.25) is 5.43 Å². The average molecular weight is 337 g/mol. The lowest BCUT2D eigenvalue weighted by Crippen LogP contribution is -2.57. The van der Waals surface area contributed by atoms with Crippen LogP contribution in [-0.4, -0.2) is 14.9 Å². The van der Waals surface area contributed by atoms with Gasteiger partial charge in [0.05, 0.1) is 5.70 Å². The molecule has 0 aliphatic carbocycles. The average Bonchev–Trinajstić information content (AvgIpc) is 2.92. The van der Waals surface area contributed by atoms with Gasteiger partial charge in [0.25, 0.3) is 0 Å². The molecule has 116 valence electrons. The van der Waals surface area contributed by atoms with Crippen molar-refractivity contribution < 1.29 is 5.73 Å². The predicted octanol–water partition coefficient (Wildman–Crippen LogP) is 2.83. The van der Waals surface area contributed by atoms with Gasteiger partial charge < -0.3 is 5.73 Å². The number of quaternary nitrogens is 1. The second-order valence-corrected chi connectivity index (χ2v) is 7.00. The number of aromatic nitrogens is 3. The Morgan fingerprint density at radius 3 is 2.77 bits per heavy atom. The Hall–Kier alpha value is -1.50. The zero-order valence-electron chi connectivity index (χ0n) is 12.8. The molecule has 1 atom stereocenters. The molecule has 22 heavy (non-hydrogen) atoms. The van der Waals surface area contributed by atoms with Gasteiger partial charge in [-0.15, -0.1) is 10.2 Å². The number of halogens is 1. The molecule has 7 heteroatoms. The highest BCUT2D eigenvalue weighted by atomic mass is 35.5. The summed E-state index contributed by atoms with van der Waals surface area (Å²) in [7, 11) is 0. The van der Waals surface area contributed by atoms with E-state index < -0.39 is 0 Å². The molecule has 2 heterocycles. The van der Waals surface area contributed by atoms with Crippen molar-refractivity contribution in [1.29, 1.82) is 0 Å². The maximum absolute atomic E-state index is 6.11. The summed E-state index contributed by atoms with van der Waals surface area (Å²) < 4.78 is 1.93. The molecule has 3 rings (SSSR count). The Morgan fingerprint density at radius 2 is 2.09 bits per heavy atom. The van der Waals surface area contributed by atoms with Crippen molar-refractivity contribution in [2.24, 2.45) is 5.92 Å². The van der Waals surface area contributed by atoms with E-state index in [9.17, 15) is 0 Å². The van der Waals surface area contributed by atoms with Crippen LogP contribution in [0.15, 0.2) is 28.8 Å². The fraction of sp³-hybridized carbons (Fsp3) is 0.333. The first-order valence-electron chi connectivity index (χ1n) is 7.16. The topological polar surface area (TPSA) is 70.4 Å². The second kappa shape index (κ2) is 5.95. The van der Waals surface area contributed by atoms with Gasteiger partial charge in [-0.1, -0.05) is 43.3 Å². The lowest BCUT2D eigenvalue weighted by molar-refractivity contribution is -0.440. The molecule has 0 spiro atoms. The standard InChI is InChI=1S/C15H18ClN5S/c1-8(2)13(17)14-18-19-15-21(14)20-12(7-22-15)10-4-5-11(16)9(3)6-10/h4-8,13,20H,17H2,1-3H3/p+1/t13-/m0/s1. The summed E-state index contributed by atoms with van der Waals surface area (Å²) in [5.41, 5.74) is 10.7. The van der Waals surface area contributed by atoms with E-state index >= 15 is 0 Å². The largest absolute Gasteiger partial charge is 0.348 e. The lowest BCUT2D eigenvalue weighted by atomic mass is 10.1. The van der Waals surface area contributed by atoms with E-state index in [1.165, 1.54) is 0 Å². The minimum Gasteiger partial charge on any atom is -0.348 e. The quantitative estimate of drug-likeness (QED) is 0.904. The Kier molecular flexibility index (Phi) is 4.16. The van der Waals surface area contributed by atoms with Gasteiger partial charge in [0, 0.05) is 21.9 Å². The molecule has 5 nitrogen and oxygen atoms in total. The van der Waals surface area contributed by atoms with E-state index in [0.29, 0.717) is 5.92 Å². The van der Waals surface area contributed by atoms with E-state index in [1.807, 2.05) is 29.1 Å². The van der Waals surface area contributed by atoms with Crippen LogP contribution in [0.5, 0.6) is 0 Å². The third-order valence-electron chi connectivity index (χ3n) is 3.78. The molecule has 0 saturated carbocycles. The number of benzene rings is 1. The van der Waals surface area contributed by atoms with Crippen LogP contribution in [0.1, 0.15) is 36.8 Å². The molecule has 0 bridgehead atoms. The summed E-state index contributed by atoms with van der Waals surface area (Å²) in [6.07, 6.45) is 0. The van der Waals surface area contributed by atoms with E-state index in [-0.39, 0.29) is 6.04 Å². The molecule has 1 aliphatic heterocycles. The van der Waals surface area contributed by atoms with Crippen LogP contribution in [0, 0.1) is 12.8 Å². The van der Waals surface area contributed by atoms with Gasteiger partial charge in [0.15, 0.2) is 0 Å². The highest BCUT2D eigenvalue weighted by molar-refractivity contribution is 8.02. The van der Waals surface area contributed by atoms with Gasteiger partial charge in [-0.2, -0.15) is 0 Å². The summed E-state index contributed by atoms with van der Waals surface area (Å²) in [5.74, 6) is 1.25. The van der Waals surface area contributed by atoms with Crippen LogP contribution >= 0.6 is 23.4 Å². The number of rotatable bonds is 3. The number of nitrogens with one attached hydrogen (secondary N) is 1. The van der Waals surface area contributed by atoms with Crippen molar-refractivity contribution in [2.45, 2.75) is 32.0 Å². The van der Waals surface area contributed by atoms with E-state index in [0.717, 1.165) is 32.8 Å². The first-order chi connectivity index (χ1) is 10.5. The monoisotopic (exact) mass is 336 g/mol. The van der Waals surface area contributed by atoms with E-state index in [4.69, 9.17) is 11.6 Å². The molecule has 4 N–H and O–H groups in total. The van der Waals surface area contributed by atoms with Crippen molar-refractivity contribution in [3.63, 3.8) is 0 Å². The second-order valence-electron chi connectivity index (χ2n) is 5.75. The van der Waals surface area contributed by atoms with Gasteiger partial charge in [0.2, 0.25) is 11.0 Å². The van der Waals surface area contributed by atoms with Gasteiger partial charge >= 0.3 is 0 Å². The van der Waals surface area contributed by atoms with Crippen molar-refractivity contribution in [1.82, 2.24) is 14.9 Å².